The maximum Gasteiger partial charge on any atom is 0.273 e. The third kappa shape index (κ3) is 5.16. The highest BCUT2D eigenvalue weighted by Gasteiger charge is 2.17. The summed E-state index contributed by atoms with van der Waals surface area (Å²) in [6, 6.07) is 7.35. The summed E-state index contributed by atoms with van der Waals surface area (Å²) in [5.74, 6) is 1.17. The number of aromatic amines is 1. The van der Waals surface area contributed by atoms with Crippen LogP contribution in [0.4, 0.5) is 0 Å². The van der Waals surface area contributed by atoms with Crippen LogP contribution in [0, 0.1) is 0 Å². The van der Waals surface area contributed by atoms with Crippen LogP contribution in [-0.2, 0) is 16.0 Å². The first-order valence-corrected chi connectivity index (χ1v) is 9.65. The second kappa shape index (κ2) is 9.45. The second-order valence-corrected chi connectivity index (χ2v) is 6.80. The molecule has 1 aromatic carbocycles. The fourth-order valence-corrected chi connectivity index (χ4v) is 2.86. The normalized spacial score (nSPS) is 15.3. The van der Waals surface area contributed by atoms with E-state index in [0.29, 0.717) is 32.1 Å². The summed E-state index contributed by atoms with van der Waals surface area (Å²) in [5.41, 5.74) is 0.693. The Morgan fingerprint density at radius 1 is 1.25 bits per heavy atom. The van der Waals surface area contributed by atoms with Crippen LogP contribution in [0.25, 0.3) is 11.4 Å². The number of rotatable bonds is 7. The Labute approximate surface area is 163 Å². The van der Waals surface area contributed by atoms with Gasteiger partial charge < -0.3 is 19.4 Å². The molecule has 1 aliphatic rings. The third-order valence-corrected chi connectivity index (χ3v) is 4.74. The molecule has 1 fully saturated rings. The molecule has 1 unspecified atom stereocenters. The first kappa shape index (κ1) is 20.0. The number of hydrogen-bond donors (Lipinski definition) is 1. The van der Waals surface area contributed by atoms with E-state index in [1.807, 2.05) is 31.2 Å². The number of ether oxygens (including phenoxy) is 2. The maximum atomic E-state index is 12.3. The molecule has 1 aromatic heterocycles. The number of benzene rings is 1. The van der Waals surface area contributed by atoms with Gasteiger partial charge in [0.2, 0.25) is 5.91 Å². The summed E-state index contributed by atoms with van der Waals surface area (Å²) in [5, 5.41) is 8.15. The molecule has 28 heavy (non-hydrogen) atoms. The van der Waals surface area contributed by atoms with Crippen molar-refractivity contribution in [1.29, 1.82) is 0 Å². The summed E-state index contributed by atoms with van der Waals surface area (Å²) in [7, 11) is 0. The van der Waals surface area contributed by atoms with Gasteiger partial charge in [-0.05, 0) is 37.6 Å². The number of carbonyl (C=O) groups excluding carboxylic acids is 1. The molecule has 0 radical (unpaired) electrons. The lowest BCUT2D eigenvalue weighted by Gasteiger charge is -2.26. The molecule has 0 saturated carbocycles. The molecule has 0 bridgehead atoms. The Hall–Kier alpha value is -2.74. The van der Waals surface area contributed by atoms with Gasteiger partial charge in [-0.25, -0.2) is 0 Å². The van der Waals surface area contributed by atoms with E-state index in [0.717, 1.165) is 17.7 Å². The van der Waals surface area contributed by atoms with E-state index in [1.54, 1.807) is 4.90 Å². The van der Waals surface area contributed by atoms with Crippen LogP contribution in [0.2, 0.25) is 0 Å². The zero-order valence-electron chi connectivity index (χ0n) is 16.3. The maximum absolute atomic E-state index is 12.3. The molecule has 0 spiro atoms. The lowest BCUT2D eigenvalue weighted by Crippen LogP contribution is -2.41. The monoisotopic (exact) mass is 386 g/mol. The van der Waals surface area contributed by atoms with Gasteiger partial charge in [0.25, 0.3) is 5.56 Å². The van der Waals surface area contributed by atoms with Crippen molar-refractivity contribution in [1.82, 2.24) is 20.1 Å². The van der Waals surface area contributed by atoms with Crippen molar-refractivity contribution in [3.63, 3.8) is 0 Å². The van der Waals surface area contributed by atoms with Gasteiger partial charge >= 0.3 is 0 Å². The lowest BCUT2D eigenvalue weighted by atomic mass is 10.2. The van der Waals surface area contributed by atoms with Crippen LogP contribution < -0.4 is 10.3 Å². The largest absolute Gasteiger partial charge is 0.491 e. The van der Waals surface area contributed by atoms with E-state index in [1.165, 1.54) is 0 Å². The number of nitrogens with one attached hydrogen (secondary N) is 1. The molecule has 1 atom stereocenters. The van der Waals surface area contributed by atoms with Gasteiger partial charge in [0.1, 0.15) is 11.4 Å². The first-order valence-electron chi connectivity index (χ1n) is 9.65. The molecule has 1 aliphatic heterocycles. The lowest BCUT2D eigenvalue weighted by molar-refractivity contribution is -0.135. The fourth-order valence-electron chi connectivity index (χ4n) is 2.86. The average molecular weight is 386 g/mol. The Balaban J connectivity index is 1.62. The Bertz CT molecular complexity index is 844. The molecule has 3 rings (SSSR count). The molecular weight excluding hydrogens is 360 g/mol. The smallest absolute Gasteiger partial charge is 0.273 e. The van der Waals surface area contributed by atoms with Crippen LogP contribution >= 0.6 is 0 Å². The highest BCUT2D eigenvalue weighted by Crippen LogP contribution is 2.19. The quantitative estimate of drug-likeness (QED) is 0.779. The first-order chi connectivity index (χ1) is 13.6. The minimum atomic E-state index is -0.320. The summed E-state index contributed by atoms with van der Waals surface area (Å²) < 4.78 is 11.0. The van der Waals surface area contributed by atoms with E-state index in [4.69, 9.17) is 9.47 Å². The van der Waals surface area contributed by atoms with Crippen molar-refractivity contribution in [2.45, 2.75) is 39.2 Å². The van der Waals surface area contributed by atoms with Gasteiger partial charge in [-0.3, -0.25) is 9.59 Å². The number of aromatic nitrogens is 3. The topological polar surface area (TPSA) is 97.4 Å². The van der Waals surface area contributed by atoms with Gasteiger partial charge in [0.15, 0.2) is 5.82 Å². The SMILES string of the molecule is CCC(C)Oc1ccc(-c2nnc(CCC(=O)N3CCOCC3)c(=O)[nH]2)cc1. The van der Waals surface area contributed by atoms with Crippen molar-refractivity contribution in [3.05, 3.63) is 40.3 Å². The molecule has 2 heterocycles. The zero-order valence-corrected chi connectivity index (χ0v) is 16.3. The van der Waals surface area contributed by atoms with Crippen molar-refractivity contribution >= 4 is 5.91 Å². The van der Waals surface area contributed by atoms with Crippen LogP contribution in [0.15, 0.2) is 29.1 Å². The van der Waals surface area contributed by atoms with Crippen molar-refractivity contribution in [2.75, 3.05) is 26.3 Å². The van der Waals surface area contributed by atoms with Gasteiger partial charge in [0.05, 0.1) is 19.3 Å². The van der Waals surface area contributed by atoms with Crippen molar-refractivity contribution in [3.8, 4) is 17.1 Å². The molecule has 0 aliphatic carbocycles. The molecule has 8 heteroatoms. The highest BCUT2D eigenvalue weighted by molar-refractivity contribution is 5.76. The molecule has 1 amide bonds. The van der Waals surface area contributed by atoms with Gasteiger partial charge in [-0.2, -0.15) is 0 Å². The predicted molar refractivity (Wildman–Crippen MR) is 104 cm³/mol. The van der Waals surface area contributed by atoms with Crippen LogP contribution in [0.1, 0.15) is 32.4 Å². The summed E-state index contributed by atoms with van der Waals surface area (Å²) in [4.78, 5) is 29.0. The van der Waals surface area contributed by atoms with E-state index in [-0.39, 0.29) is 36.1 Å². The summed E-state index contributed by atoms with van der Waals surface area (Å²) in [6.45, 7) is 6.38. The van der Waals surface area contributed by atoms with Crippen LogP contribution in [0.3, 0.4) is 0 Å². The number of hydrogen-bond acceptors (Lipinski definition) is 6. The average Bonchev–Trinajstić information content (AvgIpc) is 2.73. The number of nitrogens with zero attached hydrogens (tertiary/aromatic N) is 3. The second-order valence-electron chi connectivity index (χ2n) is 6.80. The van der Waals surface area contributed by atoms with Gasteiger partial charge in [-0.15, -0.1) is 10.2 Å². The van der Waals surface area contributed by atoms with E-state index in [2.05, 4.69) is 22.1 Å². The highest BCUT2D eigenvalue weighted by atomic mass is 16.5. The Morgan fingerprint density at radius 2 is 1.96 bits per heavy atom. The summed E-state index contributed by atoms with van der Waals surface area (Å²) >= 11 is 0. The number of aryl methyl sites for hydroxylation is 1. The number of carbonyl (C=O) groups is 1. The Kier molecular flexibility index (Phi) is 6.76. The van der Waals surface area contributed by atoms with Crippen molar-refractivity contribution < 1.29 is 14.3 Å². The predicted octanol–water partition coefficient (Wildman–Crippen LogP) is 1.80. The number of H-pyrrole nitrogens is 1. The third-order valence-electron chi connectivity index (χ3n) is 4.74. The minimum Gasteiger partial charge on any atom is -0.491 e. The van der Waals surface area contributed by atoms with Gasteiger partial charge in [0, 0.05) is 31.5 Å². The molecular formula is C20H26N4O4. The molecule has 1 saturated heterocycles. The van der Waals surface area contributed by atoms with Gasteiger partial charge in [-0.1, -0.05) is 6.92 Å². The van der Waals surface area contributed by atoms with E-state index >= 15 is 0 Å². The fraction of sp³-hybridized carbons (Fsp3) is 0.500. The summed E-state index contributed by atoms with van der Waals surface area (Å²) in [6.07, 6.45) is 1.57. The number of amides is 1. The number of morpholine rings is 1. The standard InChI is InChI=1S/C20H26N4O4/c1-3-14(2)28-16-6-4-15(5-7-16)19-21-20(26)17(22-23-19)8-9-18(25)24-10-12-27-13-11-24/h4-7,14H,3,8-13H2,1-2H3,(H,21,23,26). The molecule has 8 nitrogen and oxygen atoms in total. The molecule has 2 aromatic rings. The van der Waals surface area contributed by atoms with E-state index in [9.17, 15) is 9.59 Å². The van der Waals surface area contributed by atoms with Crippen molar-refractivity contribution in [2.24, 2.45) is 0 Å². The minimum absolute atomic E-state index is 0.00507. The van der Waals surface area contributed by atoms with Crippen LogP contribution in [-0.4, -0.2) is 58.4 Å². The van der Waals surface area contributed by atoms with Crippen LogP contribution in [0.5, 0.6) is 5.75 Å². The Morgan fingerprint density at radius 3 is 2.61 bits per heavy atom. The molecule has 1 N–H and O–H groups in total. The zero-order chi connectivity index (χ0) is 19.9. The molecule has 150 valence electrons. The van der Waals surface area contributed by atoms with E-state index < -0.39 is 0 Å².